The zero-order chi connectivity index (χ0) is 31.3. The fraction of sp³-hybridized carbons (Fsp3) is 0.394. The lowest BCUT2D eigenvalue weighted by atomic mass is 9.92. The number of aryl methyl sites for hydroxylation is 1. The van der Waals surface area contributed by atoms with Crippen LogP contribution < -0.4 is 11.3 Å². The highest BCUT2D eigenvalue weighted by Crippen LogP contribution is 2.32. The number of nitrogens with one attached hydrogen (secondary N) is 1. The number of ether oxygens (including phenoxy) is 1. The Hall–Kier alpha value is -4.84. The van der Waals surface area contributed by atoms with Crippen LogP contribution >= 0.6 is 0 Å². The third kappa shape index (κ3) is 6.37. The number of nitrogens with zero attached hydrogens (tertiary/aromatic N) is 6. The van der Waals surface area contributed by atoms with Crippen molar-refractivity contribution in [1.29, 1.82) is 0 Å². The minimum atomic E-state index is -0.600. The number of hydrogen-bond donors (Lipinski definition) is 1. The van der Waals surface area contributed by atoms with E-state index in [1.165, 1.54) is 13.4 Å². The molecule has 2 aromatic carbocycles. The Kier molecular flexibility index (Phi) is 9.01. The number of benzene rings is 2. The van der Waals surface area contributed by atoms with Crippen LogP contribution in [0.25, 0.3) is 28.3 Å². The van der Waals surface area contributed by atoms with Gasteiger partial charge in [-0.3, -0.25) is 18.9 Å². The van der Waals surface area contributed by atoms with Gasteiger partial charge < -0.3 is 9.57 Å². The van der Waals surface area contributed by atoms with E-state index in [1.807, 2.05) is 64.5 Å². The van der Waals surface area contributed by atoms with Crippen molar-refractivity contribution in [1.82, 2.24) is 29.3 Å². The molecular formula is C33H37N7O5. The molecule has 1 N–H and O–H groups in total. The minimum Gasteiger partial charge on any atom is -0.399 e. The average molecular weight is 612 g/mol. The Morgan fingerprint density at radius 2 is 1.82 bits per heavy atom. The van der Waals surface area contributed by atoms with Crippen LogP contribution in [0.1, 0.15) is 68.8 Å². The third-order valence-corrected chi connectivity index (χ3v) is 8.37. The van der Waals surface area contributed by atoms with Gasteiger partial charge in [0.05, 0.1) is 24.1 Å². The Morgan fingerprint density at radius 1 is 1.07 bits per heavy atom. The maximum atomic E-state index is 14.3. The van der Waals surface area contributed by atoms with Crippen LogP contribution in [0.15, 0.2) is 74.1 Å². The minimum absolute atomic E-state index is 0.00389. The highest BCUT2D eigenvalue weighted by atomic mass is 16.6. The summed E-state index contributed by atoms with van der Waals surface area (Å²) in [6, 6.07) is 15.8. The van der Waals surface area contributed by atoms with Gasteiger partial charge >= 0.3 is 5.76 Å². The molecule has 0 bridgehead atoms. The number of aromatic amines is 1. The van der Waals surface area contributed by atoms with Gasteiger partial charge in [-0.25, -0.2) is 9.31 Å². The first-order valence-electron chi connectivity index (χ1n) is 15.4. The summed E-state index contributed by atoms with van der Waals surface area (Å²) < 4.78 is 14.5. The lowest BCUT2D eigenvalue weighted by molar-refractivity contribution is 0.0402. The first-order chi connectivity index (χ1) is 22.0. The SMILES string of the molecule is CCCc1c(Cc2ccc(-c3ccccc3-c3noc(=O)[nH]3)cc2)c(=O)n([C@H]2CC[C@H](OCC(C)=NOC)CC2)c2ncnn12. The van der Waals surface area contributed by atoms with E-state index in [2.05, 4.69) is 32.3 Å². The summed E-state index contributed by atoms with van der Waals surface area (Å²) in [4.78, 5) is 37.9. The summed E-state index contributed by atoms with van der Waals surface area (Å²) in [5.41, 5.74) is 6.08. The first kappa shape index (κ1) is 30.2. The van der Waals surface area contributed by atoms with E-state index >= 15 is 0 Å². The first-order valence-corrected chi connectivity index (χ1v) is 15.4. The normalized spacial score (nSPS) is 17.2. The van der Waals surface area contributed by atoms with Crippen LogP contribution in [0.4, 0.5) is 0 Å². The second-order valence-electron chi connectivity index (χ2n) is 11.4. The van der Waals surface area contributed by atoms with E-state index in [0.717, 1.165) is 77.7 Å². The van der Waals surface area contributed by atoms with Crippen molar-refractivity contribution in [2.75, 3.05) is 13.7 Å². The molecule has 0 radical (unpaired) electrons. The molecule has 234 valence electrons. The van der Waals surface area contributed by atoms with Gasteiger partial charge in [-0.15, -0.1) is 0 Å². The predicted octanol–water partition coefficient (Wildman–Crippen LogP) is 4.97. The monoisotopic (exact) mass is 611 g/mol. The number of oxime groups is 1. The van der Waals surface area contributed by atoms with Crippen molar-refractivity contribution in [3.63, 3.8) is 0 Å². The summed E-state index contributed by atoms with van der Waals surface area (Å²) in [7, 11) is 1.53. The maximum Gasteiger partial charge on any atom is 0.439 e. The van der Waals surface area contributed by atoms with Crippen LogP contribution in [-0.4, -0.2) is 54.8 Å². The van der Waals surface area contributed by atoms with E-state index in [0.29, 0.717) is 24.6 Å². The standard InChI is InChI=1S/C33H37N7O5/c1-4-7-29-28(18-22-10-12-23(13-11-22)26-8-5-6-9-27(26)30-36-33(42)45-38-30)31(41)39(32-34-20-35-40(29)32)24-14-16-25(17-15-24)44-19-21(2)37-43-3/h5-6,8-13,20,24-25H,4,7,14-19H2,1-3H3,(H,36,38,42)/t24-,25-. The fourth-order valence-corrected chi connectivity index (χ4v) is 6.26. The molecule has 1 fully saturated rings. The Labute approximate surface area is 259 Å². The lowest BCUT2D eigenvalue weighted by Gasteiger charge is -2.30. The second-order valence-corrected chi connectivity index (χ2v) is 11.4. The van der Waals surface area contributed by atoms with Gasteiger partial charge in [0.1, 0.15) is 13.4 Å². The summed E-state index contributed by atoms with van der Waals surface area (Å²) in [5, 5.41) is 12.4. The number of fused-ring (bicyclic) bond motifs is 1. The van der Waals surface area contributed by atoms with E-state index in [1.54, 1.807) is 0 Å². The molecule has 12 heteroatoms. The number of H-pyrrole nitrogens is 1. The third-order valence-electron chi connectivity index (χ3n) is 8.37. The maximum absolute atomic E-state index is 14.3. The van der Waals surface area contributed by atoms with Crippen molar-refractivity contribution in [3.8, 4) is 22.5 Å². The summed E-state index contributed by atoms with van der Waals surface area (Å²) >= 11 is 0. The quantitative estimate of drug-likeness (QED) is 0.163. The largest absolute Gasteiger partial charge is 0.439 e. The average Bonchev–Trinajstić information content (AvgIpc) is 3.72. The molecule has 1 saturated carbocycles. The van der Waals surface area contributed by atoms with Gasteiger partial charge in [-0.05, 0) is 55.7 Å². The van der Waals surface area contributed by atoms with Gasteiger partial charge in [0.15, 0.2) is 5.82 Å². The van der Waals surface area contributed by atoms with Crippen molar-refractivity contribution < 1.29 is 14.1 Å². The van der Waals surface area contributed by atoms with Crippen LogP contribution in [-0.2, 0) is 22.4 Å². The molecule has 1 aliphatic carbocycles. The van der Waals surface area contributed by atoms with Gasteiger partial charge in [0.25, 0.3) is 5.56 Å². The number of rotatable bonds is 11. The zero-order valence-electron chi connectivity index (χ0n) is 25.7. The van der Waals surface area contributed by atoms with E-state index in [4.69, 9.17) is 14.1 Å². The number of aromatic nitrogens is 6. The van der Waals surface area contributed by atoms with Crippen molar-refractivity contribution in [3.05, 3.63) is 92.6 Å². The van der Waals surface area contributed by atoms with Gasteiger partial charge in [0, 0.05) is 23.6 Å². The molecular weight excluding hydrogens is 574 g/mol. The van der Waals surface area contributed by atoms with Gasteiger partial charge in [0.2, 0.25) is 5.78 Å². The molecule has 0 unspecified atom stereocenters. The Morgan fingerprint density at radius 3 is 2.51 bits per heavy atom. The van der Waals surface area contributed by atoms with Gasteiger partial charge in [-0.2, -0.15) is 10.1 Å². The molecule has 12 nitrogen and oxygen atoms in total. The van der Waals surface area contributed by atoms with E-state index in [-0.39, 0.29) is 17.7 Å². The summed E-state index contributed by atoms with van der Waals surface area (Å²) in [5.74, 6) is 0.371. The van der Waals surface area contributed by atoms with Crippen LogP contribution in [0.2, 0.25) is 0 Å². The van der Waals surface area contributed by atoms with Crippen LogP contribution in [0, 0.1) is 0 Å². The molecule has 5 aromatic rings. The second kappa shape index (κ2) is 13.4. The highest BCUT2D eigenvalue weighted by Gasteiger charge is 2.28. The molecule has 0 atom stereocenters. The van der Waals surface area contributed by atoms with E-state index < -0.39 is 5.76 Å². The summed E-state index contributed by atoms with van der Waals surface area (Å²) in [6.45, 7) is 4.41. The zero-order valence-corrected chi connectivity index (χ0v) is 25.7. The fourth-order valence-electron chi connectivity index (χ4n) is 6.26. The molecule has 0 spiro atoms. The molecule has 0 saturated heterocycles. The molecule has 3 heterocycles. The lowest BCUT2D eigenvalue weighted by Crippen LogP contribution is -2.35. The van der Waals surface area contributed by atoms with Gasteiger partial charge in [-0.1, -0.05) is 72.2 Å². The topological polar surface area (TPSA) is 142 Å². The Bertz CT molecular complexity index is 1910. The molecule has 45 heavy (non-hydrogen) atoms. The van der Waals surface area contributed by atoms with Crippen LogP contribution in [0.5, 0.6) is 0 Å². The molecule has 0 aliphatic heterocycles. The highest BCUT2D eigenvalue weighted by molar-refractivity contribution is 5.82. The molecule has 1 aliphatic rings. The van der Waals surface area contributed by atoms with Crippen molar-refractivity contribution in [2.45, 2.75) is 70.9 Å². The molecule has 6 rings (SSSR count). The van der Waals surface area contributed by atoms with E-state index in [9.17, 15) is 9.59 Å². The van der Waals surface area contributed by atoms with Crippen LogP contribution in [0.3, 0.4) is 0 Å². The summed E-state index contributed by atoms with van der Waals surface area (Å²) in [6.07, 6.45) is 7.02. The smallest absolute Gasteiger partial charge is 0.399 e. The predicted molar refractivity (Wildman–Crippen MR) is 169 cm³/mol. The molecule has 0 amide bonds. The molecule has 3 aromatic heterocycles. The van der Waals surface area contributed by atoms with Crippen molar-refractivity contribution >= 4 is 11.5 Å². The van der Waals surface area contributed by atoms with Crippen molar-refractivity contribution in [2.24, 2.45) is 5.16 Å². The number of hydrogen-bond acceptors (Lipinski definition) is 9. The Balaban J connectivity index is 1.28.